The molecule has 2 N–H and O–H groups in total. The largest absolute Gasteiger partial charge is 0.489 e. The number of rotatable bonds is 7. The number of anilines is 1. The first-order valence-electron chi connectivity index (χ1n) is 12.3. The van der Waals surface area contributed by atoms with Crippen LogP contribution in [0.4, 0.5) is 5.69 Å². The average molecular weight is 522 g/mol. The standard InChI is InChI=1S/C31H27N3O3S/c1-20(2)24-12-17-28-27(18-24)33-30(37-28)23-8-13-25(14-9-23)32-31(38)34-29(35)22-10-15-26(16-11-22)36-19-21-6-4-3-5-7-21/h3-18,20H,19H2,1-2H3,(H2,32,34,35,38). The van der Waals surface area contributed by atoms with Gasteiger partial charge in [-0.05, 0) is 89.9 Å². The SMILES string of the molecule is CC(C)c1ccc2oc(-c3ccc(NC(=S)NC(=O)c4ccc(OCc5ccccc5)cc4)cc3)nc2c1. The summed E-state index contributed by atoms with van der Waals surface area (Å²) in [6.45, 7) is 4.77. The molecule has 0 aliphatic heterocycles. The van der Waals surface area contributed by atoms with E-state index in [9.17, 15) is 4.79 Å². The molecule has 0 fully saturated rings. The van der Waals surface area contributed by atoms with Crippen LogP contribution in [0.25, 0.3) is 22.6 Å². The third-order valence-corrected chi connectivity index (χ3v) is 6.26. The maximum absolute atomic E-state index is 12.6. The van der Waals surface area contributed by atoms with Crippen LogP contribution in [0.1, 0.15) is 41.3 Å². The molecule has 0 bridgehead atoms. The number of hydrogen-bond donors (Lipinski definition) is 2. The Labute approximate surface area is 226 Å². The fourth-order valence-electron chi connectivity index (χ4n) is 3.90. The summed E-state index contributed by atoms with van der Waals surface area (Å²) in [6.07, 6.45) is 0. The van der Waals surface area contributed by atoms with E-state index in [-0.39, 0.29) is 11.0 Å². The van der Waals surface area contributed by atoms with Gasteiger partial charge in [0, 0.05) is 16.8 Å². The lowest BCUT2D eigenvalue weighted by atomic mass is 10.0. The number of nitrogens with zero attached hydrogens (tertiary/aromatic N) is 1. The highest BCUT2D eigenvalue weighted by Gasteiger charge is 2.12. The van der Waals surface area contributed by atoms with Crippen LogP contribution in [0.3, 0.4) is 0 Å². The molecule has 0 radical (unpaired) electrons. The van der Waals surface area contributed by atoms with E-state index < -0.39 is 0 Å². The Morgan fingerprint density at radius 1 is 0.947 bits per heavy atom. The number of thiocarbonyl (C=S) groups is 1. The Hall–Kier alpha value is -4.49. The van der Waals surface area contributed by atoms with Crippen molar-refractivity contribution in [1.82, 2.24) is 10.3 Å². The van der Waals surface area contributed by atoms with Crippen LogP contribution in [0.2, 0.25) is 0 Å². The first kappa shape index (κ1) is 25.2. The first-order chi connectivity index (χ1) is 18.4. The van der Waals surface area contributed by atoms with Gasteiger partial charge in [-0.2, -0.15) is 0 Å². The van der Waals surface area contributed by atoms with Gasteiger partial charge in [-0.15, -0.1) is 0 Å². The minimum absolute atomic E-state index is 0.204. The summed E-state index contributed by atoms with van der Waals surface area (Å²) in [6, 6.07) is 30.5. The Bertz CT molecular complexity index is 1560. The highest BCUT2D eigenvalue weighted by atomic mass is 32.1. The summed E-state index contributed by atoms with van der Waals surface area (Å²) in [5, 5.41) is 5.96. The lowest BCUT2D eigenvalue weighted by Crippen LogP contribution is -2.34. The van der Waals surface area contributed by atoms with Gasteiger partial charge in [0.05, 0.1) is 0 Å². The summed E-state index contributed by atoms with van der Waals surface area (Å²) in [5.74, 6) is 1.36. The van der Waals surface area contributed by atoms with E-state index in [1.54, 1.807) is 24.3 Å². The van der Waals surface area contributed by atoms with Gasteiger partial charge < -0.3 is 14.5 Å². The highest BCUT2D eigenvalue weighted by molar-refractivity contribution is 7.80. The van der Waals surface area contributed by atoms with Gasteiger partial charge in [-0.3, -0.25) is 10.1 Å². The molecule has 6 nitrogen and oxygen atoms in total. The third kappa shape index (κ3) is 6.07. The second kappa shape index (κ2) is 11.3. The summed E-state index contributed by atoms with van der Waals surface area (Å²) in [7, 11) is 0. The molecule has 5 rings (SSSR count). The molecule has 0 aliphatic carbocycles. The van der Waals surface area contributed by atoms with Crippen LogP contribution in [0, 0.1) is 0 Å². The van der Waals surface area contributed by atoms with Crippen LogP contribution in [0.5, 0.6) is 5.75 Å². The van der Waals surface area contributed by atoms with Crippen molar-refractivity contribution in [3.63, 3.8) is 0 Å². The number of nitrogens with one attached hydrogen (secondary N) is 2. The van der Waals surface area contributed by atoms with Gasteiger partial charge in [-0.1, -0.05) is 50.2 Å². The molecular formula is C31H27N3O3S. The molecule has 1 heterocycles. The van der Waals surface area contributed by atoms with Crippen molar-refractivity contribution in [3.8, 4) is 17.2 Å². The van der Waals surface area contributed by atoms with Crippen molar-refractivity contribution >= 4 is 40.0 Å². The van der Waals surface area contributed by atoms with E-state index in [1.807, 2.05) is 60.7 Å². The van der Waals surface area contributed by atoms with Gasteiger partial charge in [-0.25, -0.2) is 4.98 Å². The summed E-state index contributed by atoms with van der Waals surface area (Å²) in [5.41, 5.74) is 5.96. The number of hydrogen-bond acceptors (Lipinski definition) is 5. The second-order valence-corrected chi connectivity index (χ2v) is 9.59. The van der Waals surface area contributed by atoms with Crippen molar-refractivity contribution in [2.45, 2.75) is 26.4 Å². The Kier molecular flexibility index (Phi) is 7.47. The van der Waals surface area contributed by atoms with Crippen LogP contribution in [0.15, 0.2) is 101 Å². The van der Waals surface area contributed by atoms with E-state index in [2.05, 4.69) is 41.6 Å². The van der Waals surface area contributed by atoms with Crippen molar-refractivity contribution in [2.24, 2.45) is 0 Å². The fourth-order valence-corrected chi connectivity index (χ4v) is 4.11. The maximum Gasteiger partial charge on any atom is 0.257 e. The number of ether oxygens (including phenoxy) is 1. The van der Waals surface area contributed by atoms with Crippen molar-refractivity contribution in [2.75, 3.05) is 5.32 Å². The topological polar surface area (TPSA) is 76.4 Å². The Morgan fingerprint density at radius 3 is 2.39 bits per heavy atom. The number of carbonyl (C=O) groups is 1. The number of fused-ring (bicyclic) bond motifs is 1. The van der Waals surface area contributed by atoms with Crippen LogP contribution < -0.4 is 15.4 Å². The molecule has 1 amide bonds. The molecule has 1 aromatic heterocycles. The zero-order valence-corrected chi connectivity index (χ0v) is 21.9. The quantitative estimate of drug-likeness (QED) is 0.219. The lowest BCUT2D eigenvalue weighted by Gasteiger charge is -2.11. The Morgan fingerprint density at radius 2 is 1.68 bits per heavy atom. The monoisotopic (exact) mass is 521 g/mol. The summed E-state index contributed by atoms with van der Waals surface area (Å²) < 4.78 is 11.7. The molecule has 0 unspecified atom stereocenters. The average Bonchev–Trinajstić information content (AvgIpc) is 3.36. The van der Waals surface area contributed by atoms with Crippen LogP contribution in [-0.2, 0) is 6.61 Å². The van der Waals surface area contributed by atoms with Crippen molar-refractivity contribution in [3.05, 3.63) is 114 Å². The number of carbonyl (C=O) groups excluding carboxylic acids is 1. The first-order valence-corrected chi connectivity index (χ1v) is 12.8. The molecule has 38 heavy (non-hydrogen) atoms. The van der Waals surface area contributed by atoms with E-state index >= 15 is 0 Å². The normalized spacial score (nSPS) is 10.9. The minimum Gasteiger partial charge on any atom is -0.489 e. The predicted octanol–water partition coefficient (Wildman–Crippen LogP) is 7.32. The number of benzene rings is 4. The molecule has 7 heteroatoms. The molecule has 190 valence electrons. The molecule has 0 spiro atoms. The van der Waals surface area contributed by atoms with Gasteiger partial charge >= 0.3 is 0 Å². The van der Waals surface area contributed by atoms with E-state index in [4.69, 9.17) is 21.4 Å². The predicted molar refractivity (Wildman–Crippen MR) is 154 cm³/mol. The van der Waals surface area contributed by atoms with Gasteiger partial charge in [0.25, 0.3) is 5.91 Å². The maximum atomic E-state index is 12.6. The van der Waals surface area contributed by atoms with E-state index in [0.29, 0.717) is 29.7 Å². The fraction of sp³-hybridized carbons (Fsp3) is 0.129. The van der Waals surface area contributed by atoms with Crippen LogP contribution in [-0.4, -0.2) is 16.0 Å². The molecule has 0 atom stereocenters. The smallest absolute Gasteiger partial charge is 0.257 e. The second-order valence-electron chi connectivity index (χ2n) is 9.19. The molecule has 0 saturated carbocycles. The van der Waals surface area contributed by atoms with Gasteiger partial charge in [0.1, 0.15) is 17.9 Å². The van der Waals surface area contributed by atoms with Crippen LogP contribution >= 0.6 is 12.2 Å². The molecular weight excluding hydrogens is 494 g/mol. The van der Waals surface area contributed by atoms with Crippen molar-refractivity contribution in [1.29, 1.82) is 0 Å². The molecule has 0 saturated heterocycles. The van der Waals surface area contributed by atoms with E-state index in [0.717, 1.165) is 27.9 Å². The molecule has 0 aliphatic rings. The molecule has 5 aromatic rings. The zero-order chi connectivity index (χ0) is 26.5. The number of amides is 1. The molecule has 4 aromatic carbocycles. The third-order valence-electron chi connectivity index (χ3n) is 6.06. The summed E-state index contributed by atoms with van der Waals surface area (Å²) >= 11 is 5.34. The summed E-state index contributed by atoms with van der Waals surface area (Å²) in [4.78, 5) is 17.3. The Balaban J connectivity index is 1.16. The highest BCUT2D eigenvalue weighted by Crippen LogP contribution is 2.27. The minimum atomic E-state index is -0.305. The van der Waals surface area contributed by atoms with Gasteiger partial charge in [0.2, 0.25) is 5.89 Å². The number of oxazole rings is 1. The zero-order valence-electron chi connectivity index (χ0n) is 21.1. The number of aromatic nitrogens is 1. The van der Waals surface area contributed by atoms with Gasteiger partial charge in [0.15, 0.2) is 10.7 Å². The van der Waals surface area contributed by atoms with E-state index in [1.165, 1.54) is 5.56 Å². The van der Waals surface area contributed by atoms with Crippen molar-refractivity contribution < 1.29 is 13.9 Å². The lowest BCUT2D eigenvalue weighted by molar-refractivity contribution is 0.0977.